The molecule has 4 aromatic rings. The van der Waals surface area contributed by atoms with E-state index in [0.29, 0.717) is 23.6 Å². The zero-order valence-corrected chi connectivity index (χ0v) is 17.1. The highest BCUT2D eigenvalue weighted by Gasteiger charge is 2.21. The molecule has 0 unspecified atom stereocenters. The Labute approximate surface area is 174 Å². The van der Waals surface area contributed by atoms with Crippen LogP contribution in [0.1, 0.15) is 12.5 Å². The Balaban J connectivity index is 1.55. The van der Waals surface area contributed by atoms with Crippen LogP contribution in [-0.4, -0.2) is 31.0 Å². The van der Waals surface area contributed by atoms with Crippen LogP contribution in [0.15, 0.2) is 65.1 Å². The first-order valence-electron chi connectivity index (χ1n) is 9.71. The number of amides is 1. The third kappa shape index (κ3) is 3.86. The van der Waals surface area contributed by atoms with E-state index in [9.17, 15) is 9.18 Å². The second-order valence-corrected chi connectivity index (χ2v) is 7.35. The summed E-state index contributed by atoms with van der Waals surface area (Å²) in [7, 11) is 3.43. The number of furan rings is 1. The summed E-state index contributed by atoms with van der Waals surface area (Å²) in [5, 5.41) is 4.88. The lowest BCUT2D eigenvalue weighted by Crippen LogP contribution is -2.39. The summed E-state index contributed by atoms with van der Waals surface area (Å²) in [6.07, 6.45) is 0. The van der Waals surface area contributed by atoms with E-state index < -0.39 is 6.04 Å². The van der Waals surface area contributed by atoms with Crippen LogP contribution in [0.3, 0.4) is 0 Å². The average Bonchev–Trinajstić information content (AvgIpc) is 3.11. The third-order valence-electron chi connectivity index (χ3n) is 5.34. The summed E-state index contributed by atoms with van der Waals surface area (Å²) in [6, 6.07) is 17.3. The number of carbonyl (C=O) groups excluding carboxylic acids is 1. The molecule has 0 aliphatic rings. The van der Waals surface area contributed by atoms with Gasteiger partial charge in [0.25, 0.3) is 0 Å². The molecule has 0 saturated carbocycles. The topological polar surface area (TPSA) is 54.7 Å². The number of likely N-dealkylation sites (N-methyl/N-ethyl adjacent to an activating group) is 1. The molecule has 3 aromatic carbocycles. The van der Waals surface area contributed by atoms with Crippen LogP contribution in [0.4, 0.5) is 10.1 Å². The first kappa shape index (κ1) is 19.9. The van der Waals surface area contributed by atoms with E-state index in [0.717, 1.165) is 21.9 Å². The summed E-state index contributed by atoms with van der Waals surface area (Å²) < 4.78 is 24.5. The van der Waals surface area contributed by atoms with Crippen LogP contribution in [0.5, 0.6) is 5.75 Å². The van der Waals surface area contributed by atoms with E-state index in [2.05, 4.69) is 5.32 Å². The van der Waals surface area contributed by atoms with E-state index in [1.165, 1.54) is 12.1 Å². The fourth-order valence-electron chi connectivity index (χ4n) is 3.47. The van der Waals surface area contributed by atoms with Crippen molar-refractivity contribution in [1.82, 2.24) is 4.90 Å². The number of halogens is 1. The van der Waals surface area contributed by atoms with Crippen LogP contribution >= 0.6 is 0 Å². The van der Waals surface area contributed by atoms with Crippen LogP contribution in [0.25, 0.3) is 21.9 Å². The Morgan fingerprint density at radius 3 is 2.57 bits per heavy atom. The van der Waals surface area contributed by atoms with Crippen LogP contribution < -0.4 is 10.1 Å². The predicted octanol–water partition coefficient (Wildman–Crippen LogP) is 5.19. The number of nitrogens with zero attached hydrogens (tertiary/aromatic N) is 1. The number of rotatable bonds is 6. The molecule has 1 amide bonds. The maximum Gasteiger partial charge on any atom is 0.241 e. The van der Waals surface area contributed by atoms with Gasteiger partial charge in [0.05, 0.1) is 18.8 Å². The number of fused-ring (bicyclic) bond motifs is 3. The fourth-order valence-corrected chi connectivity index (χ4v) is 3.47. The van der Waals surface area contributed by atoms with Crippen molar-refractivity contribution in [3.8, 4) is 5.75 Å². The molecule has 1 atom stereocenters. The van der Waals surface area contributed by atoms with E-state index >= 15 is 0 Å². The molecular weight excluding hydrogens is 383 g/mol. The highest BCUT2D eigenvalue weighted by atomic mass is 19.1. The van der Waals surface area contributed by atoms with Gasteiger partial charge in [0.2, 0.25) is 5.91 Å². The van der Waals surface area contributed by atoms with Crippen LogP contribution in [0.2, 0.25) is 0 Å². The van der Waals surface area contributed by atoms with E-state index in [-0.39, 0.29) is 11.7 Å². The molecule has 0 aliphatic carbocycles. The lowest BCUT2D eigenvalue weighted by molar-refractivity contribution is -0.120. The van der Waals surface area contributed by atoms with Crippen molar-refractivity contribution in [1.29, 1.82) is 0 Å². The molecule has 4 rings (SSSR count). The number of hydrogen-bond donors (Lipinski definition) is 1. The normalized spacial score (nSPS) is 12.4. The maximum absolute atomic E-state index is 13.1. The zero-order chi connectivity index (χ0) is 21.3. The minimum atomic E-state index is -0.411. The smallest absolute Gasteiger partial charge is 0.241 e. The molecule has 30 heavy (non-hydrogen) atoms. The molecule has 0 radical (unpaired) electrons. The number of benzene rings is 3. The van der Waals surface area contributed by atoms with Gasteiger partial charge in [-0.2, -0.15) is 0 Å². The number of methoxy groups -OCH3 is 1. The Hall–Kier alpha value is -3.38. The quantitative estimate of drug-likeness (QED) is 0.479. The first-order valence-corrected chi connectivity index (χ1v) is 9.71. The minimum Gasteiger partial charge on any atom is -0.495 e. The van der Waals surface area contributed by atoms with Crippen molar-refractivity contribution in [2.24, 2.45) is 0 Å². The van der Waals surface area contributed by atoms with Gasteiger partial charge >= 0.3 is 0 Å². The van der Waals surface area contributed by atoms with Gasteiger partial charge in [-0.3, -0.25) is 9.69 Å². The highest BCUT2D eigenvalue weighted by Crippen LogP contribution is 2.36. The molecule has 6 heteroatoms. The highest BCUT2D eigenvalue weighted by molar-refractivity contribution is 6.08. The maximum atomic E-state index is 13.1. The number of para-hydroxylation sites is 1. The van der Waals surface area contributed by atoms with Gasteiger partial charge in [0.1, 0.15) is 22.7 Å². The summed E-state index contributed by atoms with van der Waals surface area (Å²) in [5.74, 6) is 0.115. The monoisotopic (exact) mass is 406 g/mol. The molecule has 154 valence electrons. The summed E-state index contributed by atoms with van der Waals surface area (Å²) in [4.78, 5) is 14.8. The van der Waals surface area contributed by atoms with Crippen LogP contribution in [0, 0.1) is 5.82 Å². The average molecular weight is 406 g/mol. The van der Waals surface area contributed by atoms with Gasteiger partial charge in [-0.25, -0.2) is 4.39 Å². The number of ether oxygens (including phenoxy) is 1. The molecule has 0 spiro atoms. The largest absolute Gasteiger partial charge is 0.495 e. The van der Waals surface area contributed by atoms with Crippen molar-refractivity contribution in [3.05, 3.63) is 72.0 Å². The molecule has 1 N–H and O–H groups in total. The van der Waals surface area contributed by atoms with Gasteiger partial charge in [0.15, 0.2) is 0 Å². The van der Waals surface area contributed by atoms with Crippen molar-refractivity contribution in [2.75, 3.05) is 19.5 Å². The number of anilines is 1. The third-order valence-corrected chi connectivity index (χ3v) is 5.34. The summed E-state index contributed by atoms with van der Waals surface area (Å²) in [6.45, 7) is 2.35. The Bertz CT molecular complexity index is 1200. The van der Waals surface area contributed by atoms with E-state index in [1.807, 2.05) is 49.2 Å². The SMILES string of the molecule is COc1cc2c(cc1NC(=O)[C@H](C)N(C)Cc1ccc(F)cc1)oc1ccccc12. The molecule has 0 saturated heterocycles. The number of hydrogen-bond acceptors (Lipinski definition) is 4. The fraction of sp³-hybridized carbons (Fsp3) is 0.208. The predicted molar refractivity (Wildman–Crippen MR) is 116 cm³/mol. The molecule has 0 fully saturated rings. The van der Waals surface area contributed by atoms with Gasteiger partial charge in [-0.15, -0.1) is 0 Å². The van der Waals surface area contributed by atoms with Crippen molar-refractivity contribution >= 4 is 33.5 Å². The van der Waals surface area contributed by atoms with Gasteiger partial charge in [-0.1, -0.05) is 30.3 Å². The minimum absolute atomic E-state index is 0.173. The van der Waals surface area contributed by atoms with Gasteiger partial charge in [0, 0.05) is 23.4 Å². The molecule has 1 heterocycles. The van der Waals surface area contributed by atoms with Gasteiger partial charge < -0.3 is 14.5 Å². The van der Waals surface area contributed by atoms with Crippen molar-refractivity contribution in [3.63, 3.8) is 0 Å². The molecule has 0 aliphatic heterocycles. The summed E-state index contributed by atoms with van der Waals surface area (Å²) in [5.41, 5.74) is 2.95. The molecular formula is C24H23FN2O3. The summed E-state index contributed by atoms with van der Waals surface area (Å²) >= 11 is 0. The molecule has 1 aromatic heterocycles. The van der Waals surface area contributed by atoms with Crippen molar-refractivity contribution in [2.45, 2.75) is 19.5 Å². The second kappa shape index (κ2) is 8.16. The Kier molecular flexibility index (Phi) is 5.42. The van der Waals surface area contributed by atoms with E-state index in [4.69, 9.17) is 9.15 Å². The van der Waals surface area contributed by atoms with Crippen molar-refractivity contribution < 1.29 is 18.3 Å². The zero-order valence-electron chi connectivity index (χ0n) is 17.1. The Morgan fingerprint density at radius 1 is 1.10 bits per heavy atom. The number of nitrogens with one attached hydrogen (secondary N) is 1. The first-order chi connectivity index (χ1) is 14.5. The van der Waals surface area contributed by atoms with Gasteiger partial charge in [-0.05, 0) is 43.8 Å². The second-order valence-electron chi connectivity index (χ2n) is 7.35. The van der Waals surface area contributed by atoms with Crippen LogP contribution in [-0.2, 0) is 11.3 Å². The molecule has 5 nitrogen and oxygen atoms in total. The standard InChI is InChI=1S/C24H23FN2O3/c1-15(27(2)14-16-8-10-17(25)11-9-16)24(28)26-20-13-22-19(12-23(20)29-3)18-6-4-5-7-21(18)30-22/h4-13,15H,14H2,1-3H3,(H,26,28)/t15-/m0/s1. The number of carbonyl (C=O) groups is 1. The Morgan fingerprint density at radius 2 is 1.83 bits per heavy atom. The van der Waals surface area contributed by atoms with E-state index in [1.54, 1.807) is 25.3 Å². The lowest BCUT2D eigenvalue weighted by atomic mass is 10.1. The molecule has 0 bridgehead atoms. The lowest BCUT2D eigenvalue weighted by Gasteiger charge is -2.24.